The number of benzene rings is 1. The number of rotatable bonds is 8. The van der Waals surface area contributed by atoms with Crippen molar-refractivity contribution in [3.63, 3.8) is 0 Å². The molecule has 94 valence electrons. The molecule has 0 spiro atoms. The minimum Gasteiger partial charge on any atom is -0.496 e. The Bertz CT molecular complexity index is 341. The van der Waals surface area contributed by atoms with Crippen LogP contribution in [0.4, 0.5) is 0 Å². The van der Waals surface area contributed by atoms with Gasteiger partial charge in [-0.3, -0.25) is 4.57 Å². The van der Waals surface area contributed by atoms with Gasteiger partial charge >= 0.3 is 0 Å². The maximum absolute atomic E-state index is 10.5. The first-order chi connectivity index (χ1) is 8.31. The van der Waals surface area contributed by atoms with E-state index in [-0.39, 0.29) is 14.6 Å². The van der Waals surface area contributed by atoms with Gasteiger partial charge in [0.1, 0.15) is 5.75 Å². The van der Waals surface area contributed by atoms with Gasteiger partial charge < -0.3 is 9.47 Å². The summed E-state index contributed by atoms with van der Waals surface area (Å²) in [5.41, 5.74) is 1.21. The molecule has 0 radical (unpaired) electrons. The average Bonchev–Trinajstić information content (AvgIpc) is 2.38. The van der Waals surface area contributed by atoms with E-state index in [2.05, 4.69) is 6.07 Å². The minimum atomic E-state index is 0.0869. The molecule has 0 heterocycles. The topological polar surface area (TPSA) is 35.5 Å². The van der Waals surface area contributed by atoms with E-state index in [0.717, 1.165) is 25.0 Å². The number of para-hydroxylation sites is 1. The third-order valence-electron chi connectivity index (χ3n) is 2.78. The van der Waals surface area contributed by atoms with Gasteiger partial charge in [-0.05, 0) is 30.9 Å². The first kappa shape index (κ1) is 14.1. The highest BCUT2D eigenvalue weighted by Crippen LogP contribution is 2.20. The molecule has 0 amide bonds. The monoisotopic (exact) mass is 254 g/mol. The molecule has 0 aliphatic heterocycles. The second-order valence-corrected chi connectivity index (χ2v) is 4.50. The van der Waals surface area contributed by atoms with Crippen LogP contribution in [0.3, 0.4) is 0 Å². The SMILES string of the molecule is COc1ccccc1CCCC(CP=O)OC. The molecular weight excluding hydrogens is 235 g/mol. The van der Waals surface area contributed by atoms with Crippen LogP contribution in [0, 0.1) is 0 Å². The molecule has 0 fully saturated rings. The van der Waals surface area contributed by atoms with Gasteiger partial charge in [0.25, 0.3) is 0 Å². The summed E-state index contributed by atoms with van der Waals surface area (Å²) in [6.07, 6.45) is 3.55. The summed E-state index contributed by atoms with van der Waals surface area (Å²) in [6, 6.07) is 8.03. The molecule has 0 bridgehead atoms. The van der Waals surface area contributed by atoms with Crippen molar-refractivity contribution in [2.45, 2.75) is 25.4 Å². The van der Waals surface area contributed by atoms with Crippen LogP contribution >= 0.6 is 8.46 Å². The van der Waals surface area contributed by atoms with Gasteiger partial charge in [-0.2, -0.15) is 0 Å². The lowest BCUT2D eigenvalue weighted by molar-refractivity contribution is 0.112. The Balaban J connectivity index is 2.41. The fourth-order valence-corrected chi connectivity index (χ4v) is 2.29. The van der Waals surface area contributed by atoms with Crippen LogP contribution in [-0.4, -0.2) is 26.5 Å². The Kier molecular flexibility index (Phi) is 6.83. The molecule has 1 aromatic carbocycles. The van der Waals surface area contributed by atoms with Gasteiger partial charge in [0.2, 0.25) is 0 Å². The number of ether oxygens (including phenoxy) is 2. The smallest absolute Gasteiger partial charge is 0.157 e. The van der Waals surface area contributed by atoms with E-state index >= 15 is 0 Å². The van der Waals surface area contributed by atoms with Crippen molar-refractivity contribution >= 4 is 8.46 Å². The zero-order valence-electron chi connectivity index (χ0n) is 10.4. The highest BCUT2D eigenvalue weighted by atomic mass is 31.1. The molecule has 1 rings (SSSR count). The number of aryl methyl sites for hydroxylation is 1. The van der Waals surface area contributed by atoms with Crippen molar-refractivity contribution in [3.05, 3.63) is 29.8 Å². The molecule has 17 heavy (non-hydrogen) atoms. The standard InChI is InChI=1S/C13H19O3P/c1-15-12(10-17-14)8-5-7-11-6-3-4-9-13(11)16-2/h3-4,6,9,12H,5,7-8,10H2,1-2H3. The summed E-state index contributed by atoms with van der Waals surface area (Å²) in [6.45, 7) is 0. The number of hydrogen-bond acceptors (Lipinski definition) is 3. The van der Waals surface area contributed by atoms with E-state index in [0.29, 0.717) is 6.16 Å². The first-order valence-electron chi connectivity index (χ1n) is 5.75. The summed E-state index contributed by atoms with van der Waals surface area (Å²) in [5.74, 6) is 0.934. The van der Waals surface area contributed by atoms with Crippen molar-refractivity contribution in [3.8, 4) is 5.75 Å². The van der Waals surface area contributed by atoms with Crippen LogP contribution in [-0.2, 0) is 15.7 Å². The van der Waals surface area contributed by atoms with Crippen LogP contribution in [0.15, 0.2) is 24.3 Å². The summed E-state index contributed by atoms with van der Waals surface area (Å²) in [4.78, 5) is 0. The summed E-state index contributed by atoms with van der Waals surface area (Å²) < 4.78 is 21.0. The molecule has 3 nitrogen and oxygen atoms in total. The predicted octanol–water partition coefficient (Wildman–Crippen LogP) is 3.32. The maximum atomic E-state index is 10.5. The fraction of sp³-hybridized carbons (Fsp3) is 0.538. The minimum absolute atomic E-state index is 0.0869. The van der Waals surface area contributed by atoms with Crippen molar-refractivity contribution < 1.29 is 14.0 Å². The Hall–Kier alpha value is -0.920. The molecule has 4 heteroatoms. The number of hydrogen-bond donors (Lipinski definition) is 0. The van der Waals surface area contributed by atoms with Gasteiger partial charge in [0, 0.05) is 7.11 Å². The van der Waals surface area contributed by atoms with Crippen LogP contribution in [0.2, 0.25) is 0 Å². The predicted molar refractivity (Wildman–Crippen MR) is 69.2 cm³/mol. The van der Waals surface area contributed by atoms with E-state index in [4.69, 9.17) is 9.47 Å². The molecule has 0 N–H and O–H groups in total. The van der Waals surface area contributed by atoms with E-state index in [1.807, 2.05) is 18.2 Å². The van der Waals surface area contributed by atoms with Crippen molar-refractivity contribution in [2.24, 2.45) is 0 Å². The molecule has 1 unspecified atom stereocenters. The highest BCUT2D eigenvalue weighted by Gasteiger charge is 2.08. The van der Waals surface area contributed by atoms with E-state index in [9.17, 15) is 4.57 Å². The second-order valence-electron chi connectivity index (χ2n) is 3.87. The average molecular weight is 254 g/mol. The van der Waals surface area contributed by atoms with Gasteiger partial charge in [-0.15, -0.1) is 0 Å². The first-order valence-corrected chi connectivity index (χ1v) is 6.75. The normalized spacial score (nSPS) is 12.6. The lowest BCUT2D eigenvalue weighted by Crippen LogP contribution is -2.12. The molecule has 0 aliphatic rings. The van der Waals surface area contributed by atoms with E-state index in [1.165, 1.54) is 5.56 Å². The molecular formula is C13H19O3P. The third kappa shape index (κ3) is 4.84. The maximum Gasteiger partial charge on any atom is 0.157 e. The molecule has 0 saturated heterocycles. The molecule has 0 saturated carbocycles. The highest BCUT2D eigenvalue weighted by molar-refractivity contribution is 7.23. The van der Waals surface area contributed by atoms with Crippen molar-refractivity contribution in [1.29, 1.82) is 0 Å². The van der Waals surface area contributed by atoms with Crippen molar-refractivity contribution in [1.82, 2.24) is 0 Å². The van der Waals surface area contributed by atoms with Crippen LogP contribution in [0.1, 0.15) is 18.4 Å². The Morgan fingerprint density at radius 3 is 2.71 bits per heavy atom. The van der Waals surface area contributed by atoms with Crippen LogP contribution in [0.5, 0.6) is 5.75 Å². The summed E-state index contributed by atoms with van der Waals surface area (Å²) >= 11 is 0. The van der Waals surface area contributed by atoms with Gasteiger partial charge in [-0.1, -0.05) is 18.2 Å². The van der Waals surface area contributed by atoms with Gasteiger partial charge in [0.15, 0.2) is 8.46 Å². The van der Waals surface area contributed by atoms with Gasteiger partial charge in [-0.25, -0.2) is 0 Å². The molecule has 0 aliphatic carbocycles. The Labute approximate surface area is 104 Å². The lowest BCUT2D eigenvalue weighted by Gasteiger charge is -2.12. The quantitative estimate of drug-likeness (QED) is 0.667. The zero-order valence-corrected chi connectivity index (χ0v) is 11.3. The largest absolute Gasteiger partial charge is 0.496 e. The van der Waals surface area contributed by atoms with Gasteiger partial charge in [0.05, 0.1) is 19.4 Å². The Morgan fingerprint density at radius 1 is 1.29 bits per heavy atom. The summed E-state index contributed by atoms with van der Waals surface area (Å²) in [5, 5.41) is 0. The third-order valence-corrected chi connectivity index (χ3v) is 3.33. The van der Waals surface area contributed by atoms with Crippen molar-refractivity contribution in [2.75, 3.05) is 20.4 Å². The summed E-state index contributed by atoms with van der Waals surface area (Å²) in [7, 11) is 3.51. The van der Waals surface area contributed by atoms with E-state index in [1.54, 1.807) is 14.2 Å². The zero-order chi connectivity index (χ0) is 12.5. The van der Waals surface area contributed by atoms with Crippen LogP contribution < -0.4 is 4.74 Å². The molecule has 1 atom stereocenters. The Morgan fingerprint density at radius 2 is 2.06 bits per heavy atom. The van der Waals surface area contributed by atoms with Crippen LogP contribution in [0.25, 0.3) is 0 Å². The lowest BCUT2D eigenvalue weighted by atomic mass is 10.1. The number of methoxy groups -OCH3 is 2. The molecule has 1 aromatic rings. The molecule has 0 aromatic heterocycles. The second kappa shape index (κ2) is 8.21. The fourth-order valence-electron chi connectivity index (χ4n) is 1.80. The van der Waals surface area contributed by atoms with E-state index < -0.39 is 0 Å².